The summed E-state index contributed by atoms with van der Waals surface area (Å²) in [5.74, 6) is -0.202. The summed E-state index contributed by atoms with van der Waals surface area (Å²) in [6.45, 7) is 4.84. The molecule has 0 atom stereocenters. The number of hydrogen-bond acceptors (Lipinski definition) is 4. The summed E-state index contributed by atoms with van der Waals surface area (Å²) in [6, 6.07) is 7.76. The number of hydrogen-bond donors (Lipinski definition) is 1. The largest absolute Gasteiger partial charge is 0.464 e. The van der Waals surface area contributed by atoms with Gasteiger partial charge in [0.05, 0.1) is 12.7 Å². The van der Waals surface area contributed by atoms with Gasteiger partial charge in [-0.15, -0.1) is 0 Å². The molecule has 0 aromatic heterocycles. The van der Waals surface area contributed by atoms with Gasteiger partial charge in [-0.05, 0) is 41.9 Å². The monoisotopic (exact) mass is 341 g/mol. The smallest absolute Gasteiger partial charge is 0.331 e. The fourth-order valence-electron chi connectivity index (χ4n) is 2.48. The van der Waals surface area contributed by atoms with Crippen LogP contribution < -0.4 is 5.32 Å². The van der Waals surface area contributed by atoms with Gasteiger partial charge >= 0.3 is 5.97 Å². The zero-order valence-corrected chi connectivity index (χ0v) is 13.4. The molecule has 1 aliphatic rings. The van der Waals surface area contributed by atoms with Crippen molar-refractivity contribution in [3.63, 3.8) is 0 Å². The standard InChI is InChI=1S/C15H20BrNO3/c1-3-19-11-9-15(10-11,14(18)20-4-2)17-13-8-6-5-7-12(13)16/h5-8,11,17H,3-4,9-10H2,1-2H3. The van der Waals surface area contributed by atoms with E-state index in [1.165, 1.54) is 0 Å². The Balaban J connectivity index is 2.13. The third-order valence-corrected chi connectivity index (χ3v) is 4.16. The Morgan fingerprint density at radius 3 is 2.65 bits per heavy atom. The van der Waals surface area contributed by atoms with Crippen LogP contribution in [0.2, 0.25) is 0 Å². The Morgan fingerprint density at radius 1 is 1.35 bits per heavy atom. The van der Waals surface area contributed by atoms with Gasteiger partial charge in [0.15, 0.2) is 0 Å². The minimum absolute atomic E-state index is 0.124. The number of anilines is 1. The molecule has 1 N–H and O–H groups in total. The average molecular weight is 342 g/mol. The first-order valence-corrected chi connectivity index (χ1v) is 7.72. The van der Waals surface area contributed by atoms with E-state index < -0.39 is 5.54 Å². The minimum Gasteiger partial charge on any atom is -0.464 e. The molecule has 0 bridgehead atoms. The zero-order chi connectivity index (χ0) is 14.6. The predicted molar refractivity (Wildman–Crippen MR) is 81.8 cm³/mol. The van der Waals surface area contributed by atoms with Crippen molar-refractivity contribution in [2.45, 2.75) is 38.3 Å². The fraction of sp³-hybridized carbons (Fsp3) is 0.533. The molecule has 110 valence electrons. The third-order valence-electron chi connectivity index (χ3n) is 3.47. The van der Waals surface area contributed by atoms with Crippen LogP contribution in [0.3, 0.4) is 0 Å². The maximum absolute atomic E-state index is 12.3. The van der Waals surface area contributed by atoms with Crippen molar-refractivity contribution >= 4 is 27.6 Å². The molecule has 0 radical (unpaired) electrons. The number of para-hydroxylation sites is 1. The van der Waals surface area contributed by atoms with Crippen LogP contribution >= 0.6 is 15.9 Å². The van der Waals surface area contributed by atoms with E-state index in [4.69, 9.17) is 9.47 Å². The molecule has 4 nitrogen and oxygen atoms in total. The van der Waals surface area contributed by atoms with Gasteiger partial charge in [-0.3, -0.25) is 0 Å². The number of halogens is 1. The van der Waals surface area contributed by atoms with E-state index in [9.17, 15) is 4.79 Å². The number of ether oxygens (including phenoxy) is 2. The van der Waals surface area contributed by atoms with Crippen LogP contribution in [0.25, 0.3) is 0 Å². The first kappa shape index (κ1) is 15.3. The van der Waals surface area contributed by atoms with E-state index in [1.54, 1.807) is 0 Å². The summed E-state index contributed by atoms with van der Waals surface area (Å²) < 4.78 is 11.7. The van der Waals surface area contributed by atoms with Gasteiger partial charge in [-0.25, -0.2) is 4.79 Å². The van der Waals surface area contributed by atoms with Gasteiger partial charge in [0, 0.05) is 29.6 Å². The summed E-state index contributed by atoms with van der Waals surface area (Å²) in [4.78, 5) is 12.3. The topological polar surface area (TPSA) is 47.6 Å². The van der Waals surface area contributed by atoms with E-state index in [0.717, 1.165) is 10.2 Å². The van der Waals surface area contributed by atoms with Crippen LogP contribution in [0.4, 0.5) is 5.69 Å². The first-order valence-electron chi connectivity index (χ1n) is 6.93. The summed E-state index contributed by atoms with van der Waals surface area (Å²) in [7, 11) is 0. The molecule has 0 aliphatic heterocycles. The molecule has 0 unspecified atom stereocenters. The van der Waals surface area contributed by atoms with Gasteiger partial charge in [0.25, 0.3) is 0 Å². The van der Waals surface area contributed by atoms with E-state index in [-0.39, 0.29) is 12.1 Å². The van der Waals surface area contributed by atoms with Crippen molar-refractivity contribution in [2.75, 3.05) is 18.5 Å². The second kappa shape index (κ2) is 6.59. The number of esters is 1. The molecule has 0 heterocycles. The molecule has 1 aromatic rings. The second-order valence-corrected chi connectivity index (χ2v) is 5.75. The second-order valence-electron chi connectivity index (χ2n) is 4.89. The number of carbonyl (C=O) groups excluding carboxylic acids is 1. The highest BCUT2D eigenvalue weighted by Gasteiger charge is 2.52. The summed E-state index contributed by atoms with van der Waals surface area (Å²) >= 11 is 3.49. The molecular formula is C15H20BrNO3. The normalized spacial score (nSPS) is 24.9. The van der Waals surface area contributed by atoms with Gasteiger partial charge < -0.3 is 14.8 Å². The van der Waals surface area contributed by atoms with Crippen molar-refractivity contribution in [3.8, 4) is 0 Å². The van der Waals surface area contributed by atoms with Crippen LogP contribution in [0.15, 0.2) is 28.7 Å². The zero-order valence-electron chi connectivity index (χ0n) is 11.8. The molecule has 1 aliphatic carbocycles. The van der Waals surface area contributed by atoms with E-state index in [1.807, 2.05) is 38.1 Å². The maximum Gasteiger partial charge on any atom is 0.331 e. The molecule has 5 heteroatoms. The van der Waals surface area contributed by atoms with Gasteiger partial charge in [0.1, 0.15) is 5.54 Å². The molecule has 1 fully saturated rings. The SMILES string of the molecule is CCOC(=O)C1(Nc2ccccc2Br)CC(OCC)C1. The van der Waals surface area contributed by atoms with Crippen LogP contribution in [0, 0.1) is 0 Å². The van der Waals surface area contributed by atoms with Crippen molar-refractivity contribution in [2.24, 2.45) is 0 Å². The lowest BCUT2D eigenvalue weighted by Gasteiger charge is -2.46. The molecule has 2 rings (SSSR count). The molecule has 0 saturated heterocycles. The van der Waals surface area contributed by atoms with Crippen LogP contribution in [-0.4, -0.2) is 30.8 Å². The average Bonchev–Trinajstić information content (AvgIpc) is 2.38. The minimum atomic E-state index is -0.667. The number of carbonyl (C=O) groups is 1. The van der Waals surface area contributed by atoms with Crippen molar-refractivity contribution < 1.29 is 14.3 Å². The fourth-order valence-corrected chi connectivity index (χ4v) is 2.86. The van der Waals surface area contributed by atoms with Gasteiger partial charge in [-0.1, -0.05) is 12.1 Å². The molecule has 1 saturated carbocycles. The quantitative estimate of drug-likeness (QED) is 0.806. The number of nitrogens with one attached hydrogen (secondary N) is 1. The Hall–Kier alpha value is -1.07. The lowest BCUT2D eigenvalue weighted by Crippen LogP contribution is -2.60. The first-order chi connectivity index (χ1) is 9.61. The molecule has 0 spiro atoms. The van der Waals surface area contributed by atoms with E-state index >= 15 is 0 Å². The highest BCUT2D eigenvalue weighted by molar-refractivity contribution is 9.10. The summed E-state index contributed by atoms with van der Waals surface area (Å²) in [5.41, 5.74) is 0.232. The van der Waals surface area contributed by atoms with Crippen molar-refractivity contribution in [1.29, 1.82) is 0 Å². The number of rotatable bonds is 6. The van der Waals surface area contributed by atoms with Crippen LogP contribution in [-0.2, 0) is 14.3 Å². The van der Waals surface area contributed by atoms with Gasteiger partial charge in [0.2, 0.25) is 0 Å². The maximum atomic E-state index is 12.3. The third kappa shape index (κ3) is 3.15. The summed E-state index contributed by atoms with van der Waals surface area (Å²) in [6.07, 6.45) is 1.40. The lowest BCUT2D eigenvalue weighted by atomic mass is 9.74. The summed E-state index contributed by atoms with van der Waals surface area (Å²) in [5, 5.41) is 3.33. The molecule has 20 heavy (non-hydrogen) atoms. The predicted octanol–water partition coefficient (Wildman–Crippen LogP) is 3.36. The Morgan fingerprint density at radius 2 is 2.05 bits per heavy atom. The number of benzene rings is 1. The Kier molecular flexibility index (Phi) is 5.05. The van der Waals surface area contributed by atoms with Crippen molar-refractivity contribution in [3.05, 3.63) is 28.7 Å². The van der Waals surface area contributed by atoms with Crippen LogP contribution in [0.1, 0.15) is 26.7 Å². The molecule has 0 amide bonds. The van der Waals surface area contributed by atoms with E-state index in [0.29, 0.717) is 26.1 Å². The highest BCUT2D eigenvalue weighted by Crippen LogP contribution is 2.40. The van der Waals surface area contributed by atoms with Gasteiger partial charge in [-0.2, -0.15) is 0 Å². The molecule has 1 aromatic carbocycles. The Labute approximate surface area is 128 Å². The van der Waals surface area contributed by atoms with Crippen molar-refractivity contribution in [1.82, 2.24) is 0 Å². The molecular weight excluding hydrogens is 322 g/mol. The lowest BCUT2D eigenvalue weighted by molar-refractivity contribution is -0.158. The van der Waals surface area contributed by atoms with Crippen LogP contribution in [0.5, 0.6) is 0 Å². The highest BCUT2D eigenvalue weighted by atomic mass is 79.9. The Bertz CT molecular complexity index is 472. The van der Waals surface area contributed by atoms with E-state index in [2.05, 4.69) is 21.2 Å².